The van der Waals surface area contributed by atoms with Crippen LogP contribution >= 0.6 is 0 Å². The molecule has 2 heterocycles. The number of hydrogen-bond donors (Lipinski definition) is 2. The Kier molecular flexibility index (Phi) is 4.83. The number of hydrogen-bond acceptors (Lipinski definition) is 5. The van der Waals surface area contributed by atoms with E-state index in [9.17, 15) is 9.59 Å². The summed E-state index contributed by atoms with van der Waals surface area (Å²) in [6.07, 6.45) is 3.52. The van der Waals surface area contributed by atoms with E-state index >= 15 is 0 Å². The number of esters is 1. The Hall–Kier alpha value is -3.09. The molecule has 1 aromatic heterocycles. The first-order chi connectivity index (χ1) is 12.1. The molecule has 3 rings (SSSR count). The Balaban J connectivity index is 1.70. The number of ether oxygens (including phenoxy) is 2. The lowest BCUT2D eigenvalue weighted by Gasteiger charge is -2.30. The number of aromatic nitrogens is 1. The number of fused-ring (bicyclic) bond motifs is 1. The largest absolute Gasteiger partial charge is 0.490 e. The summed E-state index contributed by atoms with van der Waals surface area (Å²) in [6, 6.07) is 8.62. The molecule has 2 N–H and O–H groups in total. The second kappa shape index (κ2) is 7.21. The van der Waals surface area contributed by atoms with Crippen LogP contribution in [-0.4, -0.2) is 30.2 Å². The van der Waals surface area contributed by atoms with Gasteiger partial charge in [0, 0.05) is 18.2 Å². The molecule has 0 saturated carbocycles. The molecular weight excluding hydrogens is 322 g/mol. The molecule has 2 amide bonds. The highest BCUT2D eigenvalue weighted by Crippen LogP contribution is 2.34. The summed E-state index contributed by atoms with van der Waals surface area (Å²) >= 11 is 0. The van der Waals surface area contributed by atoms with Gasteiger partial charge in [-0.3, -0.25) is 4.98 Å². The van der Waals surface area contributed by atoms with Crippen LogP contribution in [0, 0.1) is 0 Å². The number of benzene rings is 1. The molecule has 1 aromatic carbocycles. The van der Waals surface area contributed by atoms with Crippen LogP contribution in [-0.2, 0) is 4.74 Å². The number of carbonyl (C=O) groups excluding carboxylic acids is 2. The van der Waals surface area contributed by atoms with E-state index in [1.807, 2.05) is 31.2 Å². The minimum atomic E-state index is -0.510. The van der Waals surface area contributed by atoms with Gasteiger partial charge in [-0.05, 0) is 19.1 Å². The Morgan fingerprint density at radius 1 is 1.28 bits per heavy atom. The fraction of sp³-hybridized carbons (Fsp3) is 0.278. The third-order valence-electron chi connectivity index (χ3n) is 3.91. The molecule has 0 spiro atoms. The van der Waals surface area contributed by atoms with Crippen molar-refractivity contribution >= 4 is 17.7 Å². The first kappa shape index (κ1) is 16.8. The molecule has 1 aliphatic rings. The van der Waals surface area contributed by atoms with Gasteiger partial charge in [0.1, 0.15) is 5.75 Å². The van der Waals surface area contributed by atoms with Crippen LogP contribution in [0.15, 0.2) is 42.7 Å². The van der Waals surface area contributed by atoms with Crippen LogP contribution in [0.1, 0.15) is 35.3 Å². The lowest BCUT2D eigenvalue weighted by Crippen LogP contribution is -2.37. The highest BCUT2D eigenvalue weighted by atomic mass is 16.5. The summed E-state index contributed by atoms with van der Waals surface area (Å²) in [5.41, 5.74) is 1.62. The van der Waals surface area contributed by atoms with Crippen molar-refractivity contribution in [3.05, 3.63) is 53.9 Å². The summed E-state index contributed by atoms with van der Waals surface area (Å²) in [5.74, 6) is 0.268. The number of nitrogens with one attached hydrogen (secondary N) is 2. The summed E-state index contributed by atoms with van der Waals surface area (Å²) in [6.45, 7) is 1.96. The van der Waals surface area contributed by atoms with Gasteiger partial charge in [-0.15, -0.1) is 0 Å². The number of methoxy groups -OCH3 is 1. The molecule has 0 saturated heterocycles. The fourth-order valence-electron chi connectivity index (χ4n) is 2.80. The molecule has 0 unspecified atom stereocenters. The van der Waals surface area contributed by atoms with Gasteiger partial charge in [0.25, 0.3) is 0 Å². The smallest absolute Gasteiger partial charge is 0.339 e. The topological polar surface area (TPSA) is 89.5 Å². The van der Waals surface area contributed by atoms with E-state index in [2.05, 4.69) is 20.4 Å². The Labute approximate surface area is 145 Å². The van der Waals surface area contributed by atoms with E-state index in [1.54, 1.807) is 0 Å². The zero-order valence-corrected chi connectivity index (χ0v) is 14.0. The number of nitrogens with zero attached hydrogens (tertiary/aromatic N) is 1. The molecule has 0 fully saturated rings. The lowest BCUT2D eigenvalue weighted by atomic mass is 9.97. The van der Waals surface area contributed by atoms with Gasteiger partial charge in [-0.2, -0.15) is 0 Å². The molecule has 130 valence electrons. The average Bonchev–Trinajstić information content (AvgIpc) is 2.61. The van der Waals surface area contributed by atoms with Crippen molar-refractivity contribution in [1.82, 2.24) is 10.3 Å². The minimum absolute atomic E-state index is 0.00418. The number of pyridine rings is 1. The standard InChI is InChI=1S/C18H19N3O4/c1-11-7-15(14-5-3-4-6-16(14)25-11)21-18(23)20-13-8-12(9-19-10-13)17(22)24-2/h3-6,8-11,15H,7H2,1-2H3,(H2,20,21,23)/t11-,15-/m1/s1. The predicted octanol–water partition coefficient (Wildman–Crippen LogP) is 2.90. The normalized spacial score (nSPS) is 18.5. The second-order valence-electron chi connectivity index (χ2n) is 5.81. The van der Waals surface area contributed by atoms with Gasteiger partial charge in [-0.25, -0.2) is 9.59 Å². The fourth-order valence-corrected chi connectivity index (χ4v) is 2.80. The van der Waals surface area contributed by atoms with Crippen molar-refractivity contribution in [2.75, 3.05) is 12.4 Å². The predicted molar refractivity (Wildman–Crippen MR) is 91.6 cm³/mol. The zero-order chi connectivity index (χ0) is 17.8. The van der Waals surface area contributed by atoms with Crippen molar-refractivity contribution in [2.45, 2.75) is 25.5 Å². The maximum atomic E-state index is 12.3. The molecule has 0 aliphatic carbocycles. The summed E-state index contributed by atoms with van der Waals surface area (Å²) in [4.78, 5) is 27.8. The number of urea groups is 1. The summed E-state index contributed by atoms with van der Waals surface area (Å²) in [7, 11) is 1.29. The maximum Gasteiger partial charge on any atom is 0.339 e. The summed E-state index contributed by atoms with van der Waals surface area (Å²) in [5, 5.41) is 5.64. The van der Waals surface area contributed by atoms with Gasteiger partial charge >= 0.3 is 12.0 Å². The number of rotatable bonds is 3. The molecule has 7 nitrogen and oxygen atoms in total. The molecule has 0 bridgehead atoms. The molecule has 2 aromatic rings. The minimum Gasteiger partial charge on any atom is -0.490 e. The third kappa shape index (κ3) is 3.88. The molecule has 25 heavy (non-hydrogen) atoms. The van der Waals surface area contributed by atoms with Gasteiger partial charge in [0.2, 0.25) is 0 Å². The SMILES string of the molecule is COC(=O)c1cncc(NC(=O)N[C@@H]2C[C@@H](C)Oc3ccccc32)c1. The van der Waals surface area contributed by atoms with Gasteiger partial charge in [0.05, 0.1) is 36.7 Å². The number of anilines is 1. The van der Waals surface area contributed by atoms with Crippen molar-refractivity contribution in [3.8, 4) is 5.75 Å². The summed E-state index contributed by atoms with van der Waals surface area (Å²) < 4.78 is 10.4. The zero-order valence-electron chi connectivity index (χ0n) is 14.0. The van der Waals surface area contributed by atoms with Gasteiger partial charge < -0.3 is 20.1 Å². The van der Waals surface area contributed by atoms with Crippen LogP contribution in [0.2, 0.25) is 0 Å². The molecule has 2 atom stereocenters. The van der Waals surface area contributed by atoms with Crippen molar-refractivity contribution in [2.24, 2.45) is 0 Å². The van der Waals surface area contributed by atoms with Crippen LogP contribution < -0.4 is 15.4 Å². The van der Waals surface area contributed by atoms with E-state index in [0.29, 0.717) is 12.1 Å². The van der Waals surface area contributed by atoms with Gasteiger partial charge in [0.15, 0.2) is 0 Å². The Morgan fingerprint density at radius 2 is 2.08 bits per heavy atom. The number of para-hydroxylation sites is 1. The van der Waals surface area contributed by atoms with Crippen LogP contribution in [0.4, 0.5) is 10.5 Å². The van der Waals surface area contributed by atoms with Gasteiger partial charge in [-0.1, -0.05) is 18.2 Å². The number of carbonyl (C=O) groups is 2. The average molecular weight is 341 g/mol. The van der Waals surface area contributed by atoms with Crippen molar-refractivity contribution in [1.29, 1.82) is 0 Å². The van der Waals surface area contributed by atoms with E-state index in [0.717, 1.165) is 11.3 Å². The van der Waals surface area contributed by atoms with Crippen molar-refractivity contribution < 1.29 is 19.1 Å². The Morgan fingerprint density at radius 3 is 2.88 bits per heavy atom. The molecule has 0 radical (unpaired) electrons. The first-order valence-corrected chi connectivity index (χ1v) is 7.93. The lowest BCUT2D eigenvalue weighted by molar-refractivity contribution is 0.0600. The Bertz CT molecular complexity index is 793. The quantitative estimate of drug-likeness (QED) is 0.838. The van der Waals surface area contributed by atoms with E-state index < -0.39 is 5.97 Å². The third-order valence-corrected chi connectivity index (χ3v) is 3.91. The number of amides is 2. The molecule has 7 heteroatoms. The second-order valence-corrected chi connectivity index (χ2v) is 5.81. The maximum absolute atomic E-state index is 12.3. The first-order valence-electron chi connectivity index (χ1n) is 7.93. The monoisotopic (exact) mass is 341 g/mol. The molecule has 1 aliphatic heterocycles. The van der Waals surface area contributed by atoms with Crippen molar-refractivity contribution in [3.63, 3.8) is 0 Å². The van der Waals surface area contributed by atoms with Crippen LogP contribution in [0.5, 0.6) is 5.75 Å². The van der Waals surface area contributed by atoms with Crippen LogP contribution in [0.3, 0.4) is 0 Å². The van der Waals surface area contributed by atoms with Crippen LogP contribution in [0.25, 0.3) is 0 Å². The highest BCUT2D eigenvalue weighted by molar-refractivity contribution is 5.93. The highest BCUT2D eigenvalue weighted by Gasteiger charge is 2.26. The van der Waals surface area contributed by atoms with E-state index in [1.165, 1.54) is 25.6 Å². The molecular formula is C18H19N3O4. The van der Waals surface area contributed by atoms with E-state index in [-0.39, 0.29) is 23.7 Å². The van der Waals surface area contributed by atoms with E-state index in [4.69, 9.17) is 4.74 Å².